The number of carbonyl (C=O) groups is 1. The summed E-state index contributed by atoms with van der Waals surface area (Å²) in [6, 6.07) is 0. The topological polar surface area (TPSA) is 53.5 Å². The van der Waals surface area contributed by atoms with Gasteiger partial charge in [-0.3, -0.25) is 15.1 Å². The molecule has 14 heavy (non-hydrogen) atoms. The van der Waals surface area contributed by atoms with E-state index in [0.29, 0.717) is 12.5 Å². The van der Waals surface area contributed by atoms with Gasteiger partial charge in [0.15, 0.2) is 5.96 Å². The molecule has 4 nitrogen and oxygen atoms in total. The van der Waals surface area contributed by atoms with Gasteiger partial charge < -0.3 is 5.32 Å². The minimum Gasteiger partial charge on any atom is -0.342 e. The zero-order chi connectivity index (χ0) is 10.0. The molecule has 0 aromatic carbocycles. The maximum Gasteiger partial charge on any atom is 0.252 e. The first-order valence-electron chi connectivity index (χ1n) is 4.99. The number of carbonyl (C=O) groups excluding carboxylic acids is 1. The van der Waals surface area contributed by atoms with Crippen molar-refractivity contribution in [3.05, 3.63) is 0 Å². The molecule has 2 N–H and O–H groups in total. The average molecular weight is 213 g/mol. The van der Waals surface area contributed by atoms with E-state index in [9.17, 15) is 4.79 Å². The minimum absolute atomic E-state index is 0.102. The highest BCUT2D eigenvalue weighted by atomic mass is 32.2. The third-order valence-electron chi connectivity index (χ3n) is 2.69. The van der Waals surface area contributed by atoms with Gasteiger partial charge in [0, 0.05) is 6.54 Å². The molecule has 0 saturated carbocycles. The second kappa shape index (κ2) is 3.81. The normalized spacial score (nSPS) is 27.8. The summed E-state index contributed by atoms with van der Waals surface area (Å²) in [5, 5.41) is 6.04. The molecule has 2 fully saturated rings. The second-order valence-corrected chi connectivity index (χ2v) is 4.82. The van der Waals surface area contributed by atoms with Crippen molar-refractivity contribution in [2.75, 3.05) is 18.1 Å². The lowest BCUT2D eigenvalue weighted by atomic mass is 9.93. The van der Waals surface area contributed by atoms with Crippen LogP contribution in [0.5, 0.6) is 0 Å². The van der Waals surface area contributed by atoms with Crippen molar-refractivity contribution >= 4 is 23.6 Å². The van der Waals surface area contributed by atoms with Gasteiger partial charge in [0.25, 0.3) is 5.91 Å². The van der Waals surface area contributed by atoms with Gasteiger partial charge in [-0.15, -0.1) is 0 Å². The summed E-state index contributed by atoms with van der Waals surface area (Å²) in [6.45, 7) is 2.66. The predicted molar refractivity (Wildman–Crippen MR) is 58.5 cm³/mol. The lowest BCUT2D eigenvalue weighted by Crippen LogP contribution is -2.49. The number of nitrogens with zero attached hydrogens (tertiary/aromatic N) is 1. The first-order chi connectivity index (χ1) is 6.77. The van der Waals surface area contributed by atoms with Crippen molar-refractivity contribution in [2.24, 2.45) is 4.99 Å². The van der Waals surface area contributed by atoms with Crippen LogP contribution >= 0.6 is 11.8 Å². The monoisotopic (exact) mass is 213 g/mol. The number of amides is 1. The summed E-state index contributed by atoms with van der Waals surface area (Å²) < 4.78 is 0. The molecule has 2 rings (SSSR count). The van der Waals surface area contributed by atoms with Crippen molar-refractivity contribution in [3.8, 4) is 0 Å². The molecule has 78 valence electrons. The highest BCUT2D eigenvalue weighted by Crippen LogP contribution is 2.29. The SMILES string of the molecule is CCN=C1NC(=O)C2(CCSCC2)N1. The van der Waals surface area contributed by atoms with E-state index in [-0.39, 0.29) is 11.4 Å². The van der Waals surface area contributed by atoms with E-state index in [1.807, 2.05) is 18.7 Å². The van der Waals surface area contributed by atoms with Gasteiger partial charge in [0.1, 0.15) is 5.54 Å². The second-order valence-electron chi connectivity index (χ2n) is 3.60. The van der Waals surface area contributed by atoms with Crippen LogP contribution in [0.3, 0.4) is 0 Å². The van der Waals surface area contributed by atoms with Crippen molar-refractivity contribution in [2.45, 2.75) is 25.3 Å². The summed E-state index contributed by atoms with van der Waals surface area (Å²) in [5.74, 6) is 2.87. The summed E-state index contributed by atoms with van der Waals surface area (Å²) >= 11 is 1.91. The van der Waals surface area contributed by atoms with Crippen LogP contribution < -0.4 is 10.6 Å². The zero-order valence-corrected chi connectivity index (χ0v) is 9.12. The number of rotatable bonds is 1. The molecule has 0 aromatic heterocycles. The van der Waals surface area contributed by atoms with Crippen molar-refractivity contribution in [3.63, 3.8) is 0 Å². The van der Waals surface area contributed by atoms with Gasteiger partial charge in [-0.2, -0.15) is 11.8 Å². The maximum absolute atomic E-state index is 11.8. The standard InChI is InChI=1S/C9H15N3OS/c1-2-10-8-11-7(13)9(12-8)3-5-14-6-4-9/h2-6H2,1H3,(H2,10,11,12,13). The van der Waals surface area contributed by atoms with E-state index in [0.717, 1.165) is 24.3 Å². The van der Waals surface area contributed by atoms with Gasteiger partial charge >= 0.3 is 0 Å². The highest BCUT2D eigenvalue weighted by Gasteiger charge is 2.45. The van der Waals surface area contributed by atoms with Gasteiger partial charge in [-0.25, -0.2) is 0 Å². The third kappa shape index (κ3) is 1.61. The average Bonchev–Trinajstić information content (AvgIpc) is 2.45. The molecule has 2 aliphatic rings. The molecule has 0 bridgehead atoms. The van der Waals surface area contributed by atoms with Crippen LogP contribution in [0.2, 0.25) is 0 Å². The number of hydrogen-bond donors (Lipinski definition) is 2. The molecule has 0 radical (unpaired) electrons. The Hall–Kier alpha value is -0.710. The number of hydrogen-bond acceptors (Lipinski definition) is 3. The zero-order valence-electron chi connectivity index (χ0n) is 8.30. The maximum atomic E-state index is 11.8. The van der Waals surface area contributed by atoms with Crippen molar-refractivity contribution in [1.29, 1.82) is 0 Å². The molecule has 1 amide bonds. The Balaban J connectivity index is 2.13. The van der Waals surface area contributed by atoms with Crippen molar-refractivity contribution < 1.29 is 4.79 Å². The lowest BCUT2D eigenvalue weighted by molar-refractivity contribution is -0.124. The summed E-state index contributed by atoms with van der Waals surface area (Å²) in [5.41, 5.74) is -0.348. The van der Waals surface area contributed by atoms with Crippen LogP contribution in [0.15, 0.2) is 4.99 Å². The number of nitrogens with one attached hydrogen (secondary N) is 2. The van der Waals surface area contributed by atoms with Crippen LogP contribution in [0, 0.1) is 0 Å². The molecular weight excluding hydrogens is 198 g/mol. The van der Waals surface area contributed by atoms with Gasteiger partial charge in [-0.1, -0.05) is 0 Å². The molecule has 5 heteroatoms. The minimum atomic E-state index is -0.348. The van der Waals surface area contributed by atoms with Crippen LogP contribution in [0.1, 0.15) is 19.8 Å². The molecule has 2 aliphatic heterocycles. The molecule has 0 aliphatic carbocycles. The number of thioether (sulfide) groups is 1. The molecular formula is C9H15N3OS. The van der Waals surface area contributed by atoms with E-state index >= 15 is 0 Å². The number of aliphatic imine (C=N–C) groups is 1. The fourth-order valence-corrected chi connectivity index (χ4v) is 3.04. The van der Waals surface area contributed by atoms with Crippen LogP contribution in [-0.2, 0) is 4.79 Å². The Morgan fingerprint density at radius 1 is 1.50 bits per heavy atom. The van der Waals surface area contributed by atoms with E-state index in [2.05, 4.69) is 15.6 Å². The molecule has 1 spiro atoms. The Labute approximate surface area is 87.9 Å². The Kier molecular flexibility index (Phi) is 2.67. The first-order valence-corrected chi connectivity index (χ1v) is 6.14. The molecule has 0 atom stereocenters. The summed E-state index contributed by atoms with van der Waals surface area (Å²) in [4.78, 5) is 16.0. The fourth-order valence-electron chi connectivity index (χ4n) is 1.85. The lowest BCUT2D eigenvalue weighted by Gasteiger charge is -2.29. The summed E-state index contributed by atoms with van der Waals surface area (Å²) in [6.07, 6.45) is 1.82. The van der Waals surface area contributed by atoms with E-state index in [4.69, 9.17) is 0 Å². The first kappa shape index (κ1) is 9.83. The van der Waals surface area contributed by atoms with Crippen LogP contribution in [0.25, 0.3) is 0 Å². The quantitative estimate of drug-likeness (QED) is 0.661. The van der Waals surface area contributed by atoms with E-state index < -0.39 is 0 Å². The smallest absolute Gasteiger partial charge is 0.252 e. The van der Waals surface area contributed by atoms with Gasteiger partial charge in [0.2, 0.25) is 0 Å². The molecule has 0 aromatic rings. The van der Waals surface area contributed by atoms with Crippen LogP contribution in [-0.4, -0.2) is 35.5 Å². The molecule has 0 unspecified atom stereocenters. The van der Waals surface area contributed by atoms with E-state index in [1.165, 1.54) is 0 Å². The Morgan fingerprint density at radius 2 is 2.21 bits per heavy atom. The van der Waals surface area contributed by atoms with Gasteiger partial charge in [-0.05, 0) is 31.3 Å². The molecule has 2 saturated heterocycles. The highest BCUT2D eigenvalue weighted by molar-refractivity contribution is 7.99. The Morgan fingerprint density at radius 3 is 2.86 bits per heavy atom. The molecule has 2 heterocycles. The Bertz CT molecular complexity index is 271. The predicted octanol–water partition coefficient (Wildman–Crippen LogP) is 0.347. The van der Waals surface area contributed by atoms with E-state index in [1.54, 1.807) is 0 Å². The van der Waals surface area contributed by atoms with Crippen LogP contribution in [0.4, 0.5) is 0 Å². The third-order valence-corrected chi connectivity index (χ3v) is 3.67. The number of guanidine groups is 1. The largest absolute Gasteiger partial charge is 0.342 e. The van der Waals surface area contributed by atoms with Crippen molar-refractivity contribution in [1.82, 2.24) is 10.6 Å². The van der Waals surface area contributed by atoms with Gasteiger partial charge in [0.05, 0.1) is 0 Å². The fraction of sp³-hybridized carbons (Fsp3) is 0.778. The summed E-state index contributed by atoms with van der Waals surface area (Å²) in [7, 11) is 0.